The minimum absolute atomic E-state index is 0. The van der Waals surface area contributed by atoms with Crippen LogP contribution in [0.4, 0.5) is 5.82 Å². The van der Waals surface area contributed by atoms with Crippen molar-refractivity contribution in [2.45, 2.75) is 13.0 Å². The van der Waals surface area contributed by atoms with Gasteiger partial charge in [0, 0.05) is 12.6 Å². The number of morpholine rings is 1. The summed E-state index contributed by atoms with van der Waals surface area (Å²) in [7, 11) is 1.58. The molecular weight excluding hydrogens is 353 g/mol. The van der Waals surface area contributed by atoms with E-state index in [1.165, 1.54) is 0 Å². The second-order valence-corrected chi connectivity index (χ2v) is 4.76. The molecule has 1 aliphatic heterocycles. The third kappa shape index (κ3) is 3.59. The molecule has 96 valence electrons. The zero-order valence-electron chi connectivity index (χ0n) is 9.81. The van der Waals surface area contributed by atoms with Crippen LogP contribution in [0.2, 0.25) is 0 Å². The predicted molar refractivity (Wildman–Crippen MR) is 79.3 cm³/mol. The van der Waals surface area contributed by atoms with Gasteiger partial charge in [-0.05, 0) is 29.5 Å². The lowest BCUT2D eigenvalue weighted by molar-refractivity contribution is 0.0984. The normalized spacial score (nSPS) is 19.7. The van der Waals surface area contributed by atoms with Crippen LogP contribution < -0.4 is 9.64 Å². The fourth-order valence-electron chi connectivity index (χ4n) is 1.69. The molecule has 0 N–H and O–H groups in total. The van der Waals surface area contributed by atoms with Gasteiger partial charge in [-0.2, -0.15) is 23.5 Å². The van der Waals surface area contributed by atoms with Gasteiger partial charge in [-0.3, -0.25) is 0 Å². The molecule has 1 aromatic rings. The molecule has 0 saturated carbocycles. The van der Waals surface area contributed by atoms with Gasteiger partial charge in [0.05, 0.1) is 26.4 Å². The van der Waals surface area contributed by atoms with Gasteiger partial charge in [-0.1, -0.05) is 0 Å². The predicted octanol–water partition coefficient (Wildman–Crippen LogP) is 1.43. The first-order chi connectivity index (χ1) is 7.70. The average Bonchev–Trinajstić information content (AvgIpc) is 2.28. The Morgan fingerprint density at radius 2 is 2.29 bits per heavy atom. The van der Waals surface area contributed by atoms with Crippen molar-refractivity contribution in [1.82, 2.24) is 9.97 Å². The first-order valence-corrected chi connectivity index (χ1v) is 6.21. The number of nitrogens with zero attached hydrogens (tertiary/aromatic N) is 3. The Kier molecular flexibility index (Phi) is 5.74. The van der Waals surface area contributed by atoms with E-state index < -0.39 is 0 Å². The highest BCUT2D eigenvalue weighted by molar-refractivity contribution is 14.1. The van der Waals surface area contributed by atoms with Crippen molar-refractivity contribution in [2.75, 3.05) is 31.8 Å². The summed E-state index contributed by atoms with van der Waals surface area (Å²) >= 11 is 2.17. The third-order valence-corrected chi connectivity index (χ3v) is 3.06. The quantitative estimate of drug-likeness (QED) is 0.583. The van der Waals surface area contributed by atoms with Crippen molar-refractivity contribution >= 4 is 41.9 Å². The zero-order valence-corrected chi connectivity index (χ0v) is 13.0. The van der Waals surface area contributed by atoms with E-state index in [1.807, 2.05) is 6.07 Å². The molecule has 5 nitrogen and oxygen atoms in total. The Hall–Kier alpha value is -0.280. The summed E-state index contributed by atoms with van der Waals surface area (Å²) < 4.78 is 11.4. The van der Waals surface area contributed by atoms with Crippen molar-refractivity contribution in [1.29, 1.82) is 0 Å². The SMILES string of the molecule is COc1nc(I)cc(N2CCOC[C@@H]2C)n1.S. The molecule has 0 aromatic carbocycles. The summed E-state index contributed by atoms with van der Waals surface area (Å²) in [5.74, 6) is 0.909. The van der Waals surface area contributed by atoms with E-state index in [2.05, 4.69) is 44.4 Å². The maximum absolute atomic E-state index is 5.40. The summed E-state index contributed by atoms with van der Waals surface area (Å²) in [5.41, 5.74) is 0. The number of methoxy groups -OCH3 is 1. The Labute approximate surface area is 121 Å². The second kappa shape index (κ2) is 6.60. The molecule has 1 fully saturated rings. The highest BCUT2D eigenvalue weighted by Gasteiger charge is 2.21. The topological polar surface area (TPSA) is 47.5 Å². The van der Waals surface area contributed by atoms with Crippen molar-refractivity contribution in [2.24, 2.45) is 0 Å². The van der Waals surface area contributed by atoms with E-state index in [4.69, 9.17) is 9.47 Å². The number of hydrogen-bond donors (Lipinski definition) is 0. The van der Waals surface area contributed by atoms with E-state index in [9.17, 15) is 0 Å². The molecule has 1 aliphatic rings. The Morgan fingerprint density at radius 1 is 1.53 bits per heavy atom. The van der Waals surface area contributed by atoms with Gasteiger partial charge < -0.3 is 14.4 Å². The summed E-state index contributed by atoms with van der Waals surface area (Å²) in [6, 6.07) is 2.72. The molecule has 7 heteroatoms. The van der Waals surface area contributed by atoms with E-state index in [0.29, 0.717) is 12.1 Å². The number of aromatic nitrogens is 2. The molecule has 2 rings (SSSR count). The molecule has 17 heavy (non-hydrogen) atoms. The molecule has 0 radical (unpaired) electrons. The minimum Gasteiger partial charge on any atom is -0.467 e. The fourth-order valence-corrected chi connectivity index (χ4v) is 2.18. The van der Waals surface area contributed by atoms with Crippen molar-refractivity contribution in [3.63, 3.8) is 0 Å². The van der Waals surface area contributed by atoms with Gasteiger partial charge in [-0.15, -0.1) is 0 Å². The fraction of sp³-hybridized carbons (Fsp3) is 0.600. The van der Waals surface area contributed by atoms with Crippen LogP contribution in [0.3, 0.4) is 0 Å². The standard InChI is InChI=1S/C10H14IN3O2.H2S/c1-7-6-16-4-3-14(7)9-5-8(11)12-10(13-9)15-2;/h5,7H,3-4,6H2,1-2H3;1H2/t7-;/m0./s1. The molecule has 2 heterocycles. The van der Waals surface area contributed by atoms with E-state index in [-0.39, 0.29) is 13.5 Å². The molecule has 1 saturated heterocycles. The molecule has 0 bridgehead atoms. The summed E-state index contributed by atoms with van der Waals surface area (Å²) in [6.07, 6.45) is 0. The van der Waals surface area contributed by atoms with Crippen molar-refractivity contribution < 1.29 is 9.47 Å². The summed E-state index contributed by atoms with van der Waals surface area (Å²) in [6.45, 7) is 4.47. The van der Waals surface area contributed by atoms with Gasteiger partial charge in [0.1, 0.15) is 9.52 Å². The lowest BCUT2D eigenvalue weighted by atomic mass is 10.2. The number of anilines is 1. The zero-order chi connectivity index (χ0) is 11.5. The largest absolute Gasteiger partial charge is 0.467 e. The lowest BCUT2D eigenvalue weighted by Gasteiger charge is -2.34. The average molecular weight is 369 g/mol. The van der Waals surface area contributed by atoms with Gasteiger partial charge in [0.15, 0.2) is 0 Å². The third-order valence-electron chi connectivity index (χ3n) is 2.51. The molecule has 0 amide bonds. The van der Waals surface area contributed by atoms with Crippen molar-refractivity contribution in [3.05, 3.63) is 9.77 Å². The smallest absolute Gasteiger partial charge is 0.319 e. The Morgan fingerprint density at radius 3 is 2.94 bits per heavy atom. The highest BCUT2D eigenvalue weighted by Crippen LogP contribution is 2.21. The monoisotopic (exact) mass is 369 g/mol. The number of rotatable bonds is 2. The van der Waals surface area contributed by atoms with Gasteiger partial charge >= 0.3 is 6.01 Å². The summed E-state index contributed by atoms with van der Waals surface area (Å²) in [4.78, 5) is 10.7. The van der Waals surface area contributed by atoms with Crippen LogP contribution in [0, 0.1) is 3.70 Å². The molecular formula is C10H16IN3O2S. The lowest BCUT2D eigenvalue weighted by Crippen LogP contribution is -2.44. The maximum atomic E-state index is 5.40. The summed E-state index contributed by atoms with van der Waals surface area (Å²) in [5, 5.41) is 0. The highest BCUT2D eigenvalue weighted by atomic mass is 127. The minimum atomic E-state index is 0. The number of hydrogen-bond acceptors (Lipinski definition) is 5. The molecule has 0 unspecified atom stereocenters. The molecule has 0 spiro atoms. The first kappa shape index (κ1) is 14.8. The second-order valence-electron chi connectivity index (χ2n) is 3.65. The van der Waals surface area contributed by atoms with Crippen LogP contribution in [-0.4, -0.2) is 42.9 Å². The molecule has 1 atom stereocenters. The van der Waals surface area contributed by atoms with Crippen LogP contribution in [0.5, 0.6) is 6.01 Å². The number of ether oxygens (including phenoxy) is 2. The van der Waals surface area contributed by atoms with E-state index in [0.717, 1.165) is 29.3 Å². The number of halogens is 1. The Balaban J connectivity index is 0.00000144. The molecule has 0 aliphatic carbocycles. The van der Waals surface area contributed by atoms with Gasteiger partial charge in [-0.25, -0.2) is 0 Å². The van der Waals surface area contributed by atoms with E-state index >= 15 is 0 Å². The van der Waals surface area contributed by atoms with Gasteiger partial charge in [0.25, 0.3) is 0 Å². The van der Waals surface area contributed by atoms with Crippen molar-refractivity contribution in [3.8, 4) is 6.01 Å². The van der Waals surface area contributed by atoms with Crippen LogP contribution in [0.25, 0.3) is 0 Å². The van der Waals surface area contributed by atoms with E-state index in [1.54, 1.807) is 7.11 Å². The first-order valence-electron chi connectivity index (χ1n) is 5.13. The van der Waals surface area contributed by atoms with Crippen LogP contribution in [0.1, 0.15) is 6.92 Å². The van der Waals surface area contributed by atoms with Crippen LogP contribution in [0.15, 0.2) is 6.07 Å². The van der Waals surface area contributed by atoms with Crippen LogP contribution in [-0.2, 0) is 4.74 Å². The molecule has 1 aromatic heterocycles. The Bertz CT molecular complexity index is 381. The van der Waals surface area contributed by atoms with Crippen LogP contribution >= 0.6 is 36.1 Å². The maximum Gasteiger partial charge on any atom is 0.319 e. The van der Waals surface area contributed by atoms with Gasteiger partial charge in [0.2, 0.25) is 0 Å².